The maximum absolute atomic E-state index is 4.57. The van der Waals surface area contributed by atoms with E-state index in [1.165, 1.54) is 44.2 Å². The Balaban J connectivity index is 1.96. The normalized spacial score (nSPS) is 17.1. The predicted molar refractivity (Wildman–Crippen MR) is 87.1 cm³/mol. The van der Waals surface area contributed by atoms with Crippen molar-refractivity contribution in [3.63, 3.8) is 0 Å². The summed E-state index contributed by atoms with van der Waals surface area (Å²) < 4.78 is 0.978. The summed E-state index contributed by atoms with van der Waals surface area (Å²) in [6, 6.07) is 4.76. The summed E-state index contributed by atoms with van der Waals surface area (Å²) >= 11 is 3.46. The van der Waals surface area contributed by atoms with E-state index in [2.05, 4.69) is 43.9 Å². The topological polar surface area (TPSA) is 29.0 Å². The summed E-state index contributed by atoms with van der Waals surface area (Å²) in [5, 5.41) is 0. The third-order valence-electron chi connectivity index (χ3n) is 4.28. The molecule has 0 aliphatic heterocycles. The van der Waals surface area contributed by atoms with Gasteiger partial charge in [-0.2, -0.15) is 0 Å². The molecule has 0 spiro atoms. The number of aromatic nitrogens is 2. The number of hydrogen-bond acceptors (Lipinski definition) is 3. The third-order valence-corrected chi connectivity index (χ3v) is 4.71. The van der Waals surface area contributed by atoms with E-state index in [4.69, 9.17) is 0 Å². The molecule has 3 nitrogen and oxygen atoms in total. The molecular formula is C16H20BrN3. The van der Waals surface area contributed by atoms with E-state index in [1.807, 2.05) is 18.5 Å². The number of halogens is 1. The van der Waals surface area contributed by atoms with E-state index in [9.17, 15) is 0 Å². The molecule has 106 valence electrons. The number of nitrogens with zero attached hydrogens (tertiary/aromatic N) is 3. The summed E-state index contributed by atoms with van der Waals surface area (Å²) in [5.74, 6) is 0. The first-order chi connectivity index (χ1) is 9.75. The molecule has 0 atom stereocenters. The lowest BCUT2D eigenvalue weighted by molar-refractivity contribution is 0.554. The van der Waals surface area contributed by atoms with Crippen molar-refractivity contribution in [2.24, 2.45) is 0 Å². The molecule has 0 N–H and O–H groups in total. The Morgan fingerprint density at radius 3 is 2.65 bits per heavy atom. The molecule has 4 heteroatoms. The van der Waals surface area contributed by atoms with Crippen LogP contribution in [0.15, 0.2) is 29.0 Å². The second-order valence-electron chi connectivity index (χ2n) is 5.61. The highest BCUT2D eigenvalue weighted by molar-refractivity contribution is 9.10. The number of fused-ring (bicyclic) bond motifs is 1. The summed E-state index contributed by atoms with van der Waals surface area (Å²) in [5.41, 5.74) is 3.16. The first kappa shape index (κ1) is 13.8. The Bertz CT molecular complexity index is 591. The predicted octanol–water partition coefficient (Wildman–Crippen LogP) is 4.55. The molecular weight excluding hydrogens is 314 g/mol. The Kier molecular flexibility index (Phi) is 4.20. The van der Waals surface area contributed by atoms with Crippen molar-refractivity contribution in [1.29, 1.82) is 0 Å². The lowest BCUT2D eigenvalue weighted by Crippen LogP contribution is -2.31. The van der Waals surface area contributed by atoms with Crippen LogP contribution in [0.2, 0.25) is 0 Å². The first-order valence-electron chi connectivity index (χ1n) is 7.39. The molecule has 0 saturated heterocycles. The summed E-state index contributed by atoms with van der Waals surface area (Å²) in [6.07, 6.45) is 11.8. The van der Waals surface area contributed by atoms with Gasteiger partial charge in [0.05, 0.1) is 11.2 Å². The second kappa shape index (κ2) is 6.08. The minimum Gasteiger partial charge on any atom is -0.370 e. The molecule has 2 heterocycles. The average molecular weight is 334 g/mol. The molecule has 0 aromatic carbocycles. The van der Waals surface area contributed by atoms with E-state index in [-0.39, 0.29) is 0 Å². The highest BCUT2D eigenvalue weighted by Gasteiger charge is 2.19. The van der Waals surface area contributed by atoms with Gasteiger partial charge in [0.1, 0.15) is 5.52 Å². The van der Waals surface area contributed by atoms with Crippen molar-refractivity contribution < 1.29 is 0 Å². The molecule has 1 aliphatic rings. The van der Waals surface area contributed by atoms with Gasteiger partial charge in [-0.15, -0.1) is 0 Å². The van der Waals surface area contributed by atoms with Gasteiger partial charge in [0, 0.05) is 30.0 Å². The summed E-state index contributed by atoms with van der Waals surface area (Å²) in [7, 11) is 2.20. The Labute approximate surface area is 128 Å². The van der Waals surface area contributed by atoms with Crippen LogP contribution in [0.3, 0.4) is 0 Å². The quantitative estimate of drug-likeness (QED) is 0.755. The zero-order chi connectivity index (χ0) is 13.9. The molecule has 2 aromatic rings. The van der Waals surface area contributed by atoms with Gasteiger partial charge in [0.15, 0.2) is 0 Å². The average Bonchev–Trinajstić information content (AvgIpc) is 2.74. The number of pyridine rings is 2. The highest BCUT2D eigenvalue weighted by atomic mass is 79.9. The zero-order valence-corrected chi connectivity index (χ0v) is 13.4. The fourth-order valence-electron chi connectivity index (χ4n) is 3.12. The smallest absolute Gasteiger partial charge is 0.112 e. The minimum atomic E-state index is 0.633. The standard InChI is InChI=1S/C16H20BrN3/c1-20(13-6-4-2-3-5-7-13)15-8-9-18-14-10-12(17)11-19-16(14)15/h8-11,13H,2-7H2,1H3. The molecule has 1 saturated carbocycles. The summed E-state index contributed by atoms with van der Waals surface area (Å²) in [6.45, 7) is 0. The first-order valence-corrected chi connectivity index (χ1v) is 8.18. The minimum absolute atomic E-state index is 0.633. The fourth-order valence-corrected chi connectivity index (χ4v) is 3.44. The van der Waals surface area contributed by atoms with Crippen LogP contribution in [0.1, 0.15) is 38.5 Å². The SMILES string of the molecule is CN(c1ccnc2cc(Br)cnc12)C1CCCCCC1. The van der Waals surface area contributed by atoms with Gasteiger partial charge in [0.2, 0.25) is 0 Å². The van der Waals surface area contributed by atoms with Gasteiger partial charge < -0.3 is 4.90 Å². The zero-order valence-electron chi connectivity index (χ0n) is 11.8. The van der Waals surface area contributed by atoms with Gasteiger partial charge in [-0.1, -0.05) is 25.7 Å². The Morgan fingerprint density at radius 1 is 1.15 bits per heavy atom. The van der Waals surface area contributed by atoms with Crippen LogP contribution in [0.5, 0.6) is 0 Å². The van der Waals surface area contributed by atoms with E-state index in [1.54, 1.807) is 0 Å². The molecule has 0 radical (unpaired) electrons. The number of rotatable bonds is 2. The van der Waals surface area contributed by atoms with Crippen molar-refractivity contribution in [3.8, 4) is 0 Å². The number of hydrogen-bond donors (Lipinski definition) is 0. The third kappa shape index (κ3) is 2.80. The van der Waals surface area contributed by atoms with E-state index in [0.29, 0.717) is 6.04 Å². The van der Waals surface area contributed by atoms with Crippen molar-refractivity contribution in [2.75, 3.05) is 11.9 Å². The molecule has 1 fully saturated rings. The van der Waals surface area contributed by atoms with Crippen LogP contribution in [0, 0.1) is 0 Å². The Hall–Kier alpha value is -1.16. The molecule has 3 rings (SSSR count). The van der Waals surface area contributed by atoms with Crippen molar-refractivity contribution in [3.05, 3.63) is 29.0 Å². The van der Waals surface area contributed by atoms with Crippen LogP contribution >= 0.6 is 15.9 Å². The van der Waals surface area contributed by atoms with Crippen LogP contribution in [0.25, 0.3) is 11.0 Å². The van der Waals surface area contributed by atoms with Gasteiger partial charge in [-0.25, -0.2) is 0 Å². The maximum Gasteiger partial charge on any atom is 0.112 e. The Morgan fingerprint density at radius 2 is 1.90 bits per heavy atom. The monoisotopic (exact) mass is 333 g/mol. The van der Waals surface area contributed by atoms with Crippen molar-refractivity contribution in [2.45, 2.75) is 44.6 Å². The van der Waals surface area contributed by atoms with Gasteiger partial charge in [0.25, 0.3) is 0 Å². The largest absolute Gasteiger partial charge is 0.370 e. The van der Waals surface area contributed by atoms with Crippen molar-refractivity contribution >= 4 is 32.7 Å². The molecule has 20 heavy (non-hydrogen) atoms. The van der Waals surface area contributed by atoms with Crippen molar-refractivity contribution in [1.82, 2.24) is 9.97 Å². The van der Waals surface area contributed by atoms with Crippen LogP contribution in [0.4, 0.5) is 5.69 Å². The fraction of sp³-hybridized carbons (Fsp3) is 0.500. The van der Waals surface area contributed by atoms with Gasteiger partial charge >= 0.3 is 0 Å². The van der Waals surface area contributed by atoms with Gasteiger partial charge in [-0.3, -0.25) is 9.97 Å². The molecule has 0 bridgehead atoms. The van der Waals surface area contributed by atoms with Crippen LogP contribution < -0.4 is 4.90 Å². The molecule has 2 aromatic heterocycles. The van der Waals surface area contributed by atoms with E-state index >= 15 is 0 Å². The second-order valence-corrected chi connectivity index (χ2v) is 6.52. The maximum atomic E-state index is 4.57. The molecule has 1 aliphatic carbocycles. The van der Waals surface area contributed by atoms with E-state index < -0.39 is 0 Å². The highest BCUT2D eigenvalue weighted by Crippen LogP contribution is 2.29. The number of anilines is 1. The van der Waals surface area contributed by atoms with E-state index in [0.717, 1.165) is 15.5 Å². The lowest BCUT2D eigenvalue weighted by atomic mass is 10.1. The van der Waals surface area contributed by atoms with Crippen LogP contribution in [-0.4, -0.2) is 23.1 Å². The molecule has 0 amide bonds. The lowest BCUT2D eigenvalue weighted by Gasteiger charge is -2.29. The van der Waals surface area contributed by atoms with Crippen LogP contribution in [-0.2, 0) is 0 Å². The summed E-state index contributed by atoms with van der Waals surface area (Å²) in [4.78, 5) is 11.4. The molecule has 0 unspecified atom stereocenters. The van der Waals surface area contributed by atoms with Gasteiger partial charge in [-0.05, 0) is 40.9 Å².